The molecule has 0 fully saturated rings. The first kappa shape index (κ1) is 12.3. The molecule has 4 nitrogen and oxygen atoms in total. The van der Waals surface area contributed by atoms with E-state index in [2.05, 4.69) is 4.40 Å². The van der Waals surface area contributed by atoms with Crippen LogP contribution >= 0.6 is 0 Å². The lowest BCUT2D eigenvalue weighted by Gasteiger charge is -2.16. The summed E-state index contributed by atoms with van der Waals surface area (Å²) < 4.78 is 21.0. The molecule has 1 rings (SSSR count). The van der Waals surface area contributed by atoms with Crippen molar-refractivity contribution in [1.82, 2.24) is 0 Å². The van der Waals surface area contributed by atoms with Crippen LogP contribution in [0.4, 0.5) is 0 Å². The van der Waals surface area contributed by atoms with Crippen molar-refractivity contribution in [2.24, 2.45) is 4.40 Å². The van der Waals surface area contributed by atoms with E-state index in [0.717, 1.165) is 6.42 Å². The predicted molar refractivity (Wildman–Crippen MR) is 63.6 cm³/mol. The molecule has 1 N–H and O–H groups in total. The summed E-state index contributed by atoms with van der Waals surface area (Å²) in [6.45, 7) is 4.17. The van der Waals surface area contributed by atoms with Gasteiger partial charge in [-0.25, -0.2) is 8.61 Å². The molecule has 0 aliphatic carbocycles. The molecule has 86 valence electrons. The van der Waals surface area contributed by atoms with Gasteiger partial charge in [0.1, 0.15) is 5.76 Å². The maximum absolute atomic E-state index is 11.7. The zero-order chi connectivity index (χ0) is 11.5. The zero-order valence-corrected chi connectivity index (χ0v) is 10.1. The van der Waals surface area contributed by atoms with Gasteiger partial charge in [-0.3, -0.25) is 0 Å². The quantitative estimate of drug-likeness (QED) is 0.727. The molecule has 0 radical (unpaired) electrons. The van der Waals surface area contributed by atoms with E-state index in [1.54, 1.807) is 6.92 Å². The number of aliphatic hydroxyl groups is 1. The monoisotopic (exact) mass is 231 g/mol. The second-order valence-electron chi connectivity index (χ2n) is 3.56. The Kier molecular flexibility index (Phi) is 3.93. The molecule has 0 aromatic heterocycles. The van der Waals surface area contributed by atoms with Crippen molar-refractivity contribution >= 4 is 21.3 Å². The number of rotatable bonds is 4. The van der Waals surface area contributed by atoms with Crippen molar-refractivity contribution in [2.45, 2.75) is 26.4 Å². The van der Waals surface area contributed by atoms with Crippen molar-refractivity contribution in [1.29, 1.82) is 0 Å². The van der Waals surface area contributed by atoms with Crippen molar-refractivity contribution in [3.63, 3.8) is 0 Å². The first-order chi connectivity index (χ1) is 6.96. The minimum atomic E-state index is -2.33. The molecule has 0 aromatic carbocycles. The summed E-state index contributed by atoms with van der Waals surface area (Å²) in [6.07, 6.45) is 3.19. The minimum absolute atomic E-state index is 0.495. The number of hydrogen-bond acceptors (Lipinski definition) is 3. The summed E-state index contributed by atoms with van der Waals surface area (Å²) in [6, 6.07) is 0. The van der Waals surface area contributed by atoms with Crippen molar-refractivity contribution in [3.8, 4) is 0 Å². The molecule has 5 heteroatoms. The molecule has 2 unspecified atom stereocenters. The average molecular weight is 231 g/mol. The molecule has 15 heavy (non-hydrogen) atoms. The highest BCUT2D eigenvalue weighted by molar-refractivity contribution is 7.99. The second kappa shape index (κ2) is 4.81. The maximum atomic E-state index is 11.7. The van der Waals surface area contributed by atoms with Crippen LogP contribution in [0.15, 0.2) is 15.7 Å². The Labute approximate surface area is 90.8 Å². The van der Waals surface area contributed by atoms with Gasteiger partial charge in [0.25, 0.3) is 0 Å². The van der Waals surface area contributed by atoms with Crippen LogP contribution in [0.2, 0.25) is 0 Å². The maximum Gasteiger partial charge on any atom is 0.136 e. The smallest absolute Gasteiger partial charge is 0.136 e. The highest BCUT2D eigenvalue weighted by Gasteiger charge is 2.16. The van der Waals surface area contributed by atoms with Crippen LogP contribution < -0.4 is 0 Å². The summed E-state index contributed by atoms with van der Waals surface area (Å²) >= 11 is 0. The van der Waals surface area contributed by atoms with Crippen molar-refractivity contribution in [2.75, 3.05) is 12.9 Å². The van der Waals surface area contributed by atoms with E-state index in [1.807, 2.05) is 6.92 Å². The normalized spacial score (nSPS) is 27.5. The van der Waals surface area contributed by atoms with E-state index in [-0.39, 0.29) is 0 Å². The predicted octanol–water partition coefficient (Wildman–Crippen LogP) is 0.764. The Balaban J connectivity index is 3.05. The van der Waals surface area contributed by atoms with Gasteiger partial charge >= 0.3 is 0 Å². The van der Waals surface area contributed by atoms with Crippen LogP contribution in [0, 0.1) is 0 Å². The van der Waals surface area contributed by atoms with E-state index >= 15 is 0 Å². The van der Waals surface area contributed by atoms with Crippen LogP contribution in [0.5, 0.6) is 0 Å². The highest BCUT2D eigenvalue weighted by Crippen LogP contribution is 2.13. The molecule has 1 heterocycles. The number of ether oxygens (including phenoxy) is 1. The van der Waals surface area contributed by atoms with Crippen LogP contribution in [0.25, 0.3) is 0 Å². The fourth-order valence-electron chi connectivity index (χ4n) is 1.17. The molecule has 0 aromatic rings. The summed E-state index contributed by atoms with van der Waals surface area (Å²) in [7, 11) is -2.33. The Morgan fingerprint density at radius 3 is 2.87 bits per heavy atom. The Morgan fingerprint density at radius 2 is 2.33 bits per heavy atom. The number of aliphatic hydroxyl groups excluding tert-OH is 1. The largest absolute Gasteiger partial charge is 0.492 e. The van der Waals surface area contributed by atoms with Crippen molar-refractivity contribution < 1.29 is 14.1 Å². The number of allylic oxidation sites excluding steroid dienone is 1. The first-order valence-corrected chi connectivity index (χ1v) is 6.89. The summed E-state index contributed by atoms with van der Waals surface area (Å²) in [5, 5.41) is 11.0. The molecular formula is C10H17NO3S. The molecule has 1 aliphatic heterocycles. The Morgan fingerprint density at radius 1 is 1.67 bits per heavy atom. The third-order valence-electron chi connectivity index (χ3n) is 1.92. The van der Waals surface area contributed by atoms with E-state index < -0.39 is 15.8 Å². The molecular weight excluding hydrogens is 214 g/mol. The molecule has 0 saturated heterocycles. The van der Waals surface area contributed by atoms with Gasteiger partial charge in [0.15, 0.2) is 0 Å². The molecule has 0 spiro atoms. The Bertz CT molecular complexity index is 401. The number of nitrogens with zero attached hydrogens (tertiary/aromatic N) is 1. The van der Waals surface area contributed by atoms with Crippen molar-refractivity contribution in [3.05, 3.63) is 11.3 Å². The van der Waals surface area contributed by atoms with Crippen LogP contribution in [-0.2, 0) is 14.4 Å². The topological polar surface area (TPSA) is 58.9 Å². The van der Waals surface area contributed by atoms with Crippen LogP contribution in [-0.4, -0.2) is 39.9 Å². The highest BCUT2D eigenvalue weighted by atomic mass is 32.2. The summed E-state index contributed by atoms with van der Waals surface area (Å²) in [4.78, 5) is 0. The zero-order valence-electron chi connectivity index (χ0n) is 9.27. The fraction of sp³-hybridized carbons (Fsp3) is 0.600. The first-order valence-electron chi connectivity index (χ1n) is 4.90. The standard InChI is InChI=1S/C10H17NO3S/c1-4-5-14-10-7-15(3,13)11-6-9(10)8(2)12/h6-8,12H,4-5H2,1-3H3. The van der Waals surface area contributed by atoms with Gasteiger partial charge < -0.3 is 9.84 Å². The average Bonchev–Trinajstić information content (AvgIpc) is 2.12. The lowest BCUT2D eigenvalue weighted by atomic mass is 10.1. The molecule has 0 saturated carbocycles. The van der Waals surface area contributed by atoms with Gasteiger partial charge in [-0.2, -0.15) is 0 Å². The van der Waals surface area contributed by atoms with E-state index in [9.17, 15) is 9.32 Å². The van der Waals surface area contributed by atoms with Gasteiger partial charge in [0.2, 0.25) is 0 Å². The van der Waals surface area contributed by atoms with E-state index in [0.29, 0.717) is 17.9 Å². The van der Waals surface area contributed by atoms with E-state index in [4.69, 9.17) is 4.74 Å². The van der Waals surface area contributed by atoms with Gasteiger partial charge in [0, 0.05) is 18.0 Å². The van der Waals surface area contributed by atoms with Gasteiger partial charge in [-0.15, -0.1) is 0 Å². The van der Waals surface area contributed by atoms with Gasteiger partial charge in [0.05, 0.1) is 27.8 Å². The molecule has 1 aliphatic rings. The van der Waals surface area contributed by atoms with E-state index in [1.165, 1.54) is 17.8 Å². The van der Waals surface area contributed by atoms with Crippen LogP contribution in [0.1, 0.15) is 20.3 Å². The second-order valence-corrected chi connectivity index (χ2v) is 5.73. The Hall–Kier alpha value is -0.810. The lowest BCUT2D eigenvalue weighted by molar-refractivity contribution is 0.204. The summed E-state index contributed by atoms with van der Waals surface area (Å²) in [5.41, 5.74) is 0.587. The lowest BCUT2D eigenvalue weighted by Crippen LogP contribution is -2.18. The fourth-order valence-corrected chi connectivity index (χ4v) is 2.15. The summed E-state index contributed by atoms with van der Waals surface area (Å²) in [5.74, 6) is 0.495. The van der Waals surface area contributed by atoms with Crippen LogP contribution in [0.3, 0.4) is 0 Å². The number of hydrogen-bond donors (Lipinski definition) is 1. The third kappa shape index (κ3) is 3.35. The molecule has 2 atom stereocenters. The van der Waals surface area contributed by atoms with Gasteiger partial charge in [-0.1, -0.05) is 6.92 Å². The molecule has 0 amide bonds. The van der Waals surface area contributed by atoms with Gasteiger partial charge in [-0.05, 0) is 13.3 Å². The minimum Gasteiger partial charge on any atom is -0.492 e. The molecule has 0 bridgehead atoms. The third-order valence-corrected chi connectivity index (χ3v) is 3.10. The SMILES string of the molecule is CCCOC1=C(C(C)O)C=NS(C)(=O)=C1.